The molecule has 1 N–H and O–H groups in total. The van der Waals surface area contributed by atoms with E-state index in [2.05, 4.69) is 5.32 Å². The van der Waals surface area contributed by atoms with Crippen LogP contribution in [0.5, 0.6) is 0 Å². The van der Waals surface area contributed by atoms with Crippen LogP contribution in [-0.4, -0.2) is 34.6 Å². The Kier molecular flexibility index (Phi) is 9.66. The first-order chi connectivity index (χ1) is 14.3. The second-order valence-corrected chi connectivity index (χ2v) is 8.89. The van der Waals surface area contributed by atoms with Crippen LogP contribution < -0.4 is 5.32 Å². The van der Waals surface area contributed by atoms with Crippen LogP contribution in [-0.2, 0) is 16.1 Å². The van der Waals surface area contributed by atoms with Gasteiger partial charge in [0.2, 0.25) is 11.8 Å². The third-order valence-corrected chi connectivity index (χ3v) is 5.75. The van der Waals surface area contributed by atoms with Gasteiger partial charge < -0.3 is 10.2 Å². The third kappa shape index (κ3) is 7.65. The van der Waals surface area contributed by atoms with Gasteiger partial charge in [0.25, 0.3) is 0 Å². The number of nitrogens with zero attached hydrogens (tertiary/aromatic N) is 1. The highest BCUT2D eigenvalue weighted by atomic mass is 35.5. The molecule has 4 nitrogen and oxygen atoms in total. The van der Waals surface area contributed by atoms with Crippen LogP contribution in [0.4, 0.5) is 4.39 Å². The molecule has 30 heavy (non-hydrogen) atoms. The smallest absolute Gasteiger partial charge is 0.243 e. The van der Waals surface area contributed by atoms with Crippen molar-refractivity contribution in [3.63, 3.8) is 0 Å². The van der Waals surface area contributed by atoms with Gasteiger partial charge in [-0.05, 0) is 62.2 Å². The first kappa shape index (κ1) is 24.2. The molecule has 0 aromatic heterocycles. The van der Waals surface area contributed by atoms with Gasteiger partial charge in [-0.25, -0.2) is 4.39 Å². The van der Waals surface area contributed by atoms with Crippen molar-refractivity contribution in [2.75, 3.05) is 5.75 Å². The number of amides is 2. The predicted octanol–water partition coefficient (Wildman–Crippen LogP) is 5.29. The molecule has 0 saturated carbocycles. The Morgan fingerprint density at radius 1 is 1.10 bits per heavy atom. The molecule has 2 amide bonds. The maximum Gasteiger partial charge on any atom is 0.243 e. The highest BCUT2D eigenvalue weighted by molar-refractivity contribution is 7.99. The van der Waals surface area contributed by atoms with Crippen molar-refractivity contribution in [2.24, 2.45) is 0 Å². The summed E-state index contributed by atoms with van der Waals surface area (Å²) in [6, 6.07) is 12.9. The van der Waals surface area contributed by atoms with Crippen LogP contribution >= 0.6 is 23.4 Å². The topological polar surface area (TPSA) is 49.4 Å². The summed E-state index contributed by atoms with van der Waals surface area (Å²) in [7, 11) is 0. The Morgan fingerprint density at radius 2 is 1.73 bits per heavy atom. The molecule has 0 aliphatic carbocycles. The van der Waals surface area contributed by atoms with E-state index in [9.17, 15) is 14.0 Å². The minimum atomic E-state index is -0.578. The summed E-state index contributed by atoms with van der Waals surface area (Å²) in [6.07, 6.45) is 0.787. The summed E-state index contributed by atoms with van der Waals surface area (Å²) in [6.45, 7) is 5.92. The predicted molar refractivity (Wildman–Crippen MR) is 121 cm³/mol. The van der Waals surface area contributed by atoms with Gasteiger partial charge in [-0.15, -0.1) is 11.8 Å². The molecular weight excluding hydrogens is 423 g/mol. The lowest BCUT2D eigenvalue weighted by Crippen LogP contribution is -2.50. The number of carbonyl (C=O) groups is 2. The number of benzene rings is 2. The van der Waals surface area contributed by atoms with Crippen molar-refractivity contribution in [1.82, 2.24) is 10.2 Å². The largest absolute Gasteiger partial charge is 0.352 e. The lowest BCUT2D eigenvalue weighted by atomic mass is 10.1. The Bertz CT molecular complexity index is 828. The van der Waals surface area contributed by atoms with Gasteiger partial charge in [0.05, 0.1) is 0 Å². The molecule has 7 heteroatoms. The molecule has 0 spiro atoms. The molecule has 0 heterocycles. The van der Waals surface area contributed by atoms with E-state index in [1.54, 1.807) is 28.8 Å². The monoisotopic (exact) mass is 450 g/mol. The van der Waals surface area contributed by atoms with Crippen molar-refractivity contribution < 1.29 is 14.0 Å². The summed E-state index contributed by atoms with van der Waals surface area (Å²) in [5.41, 5.74) is 0.783. The van der Waals surface area contributed by atoms with Gasteiger partial charge in [-0.1, -0.05) is 30.7 Å². The van der Waals surface area contributed by atoms with Crippen LogP contribution in [0.2, 0.25) is 5.02 Å². The quantitative estimate of drug-likeness (QED) is 0.500. The minimum Gasteiger partial charge on any atom is -0.352 e. The van der Waals surface area contributed by atoms with Gasteiger partial charge in [-0.2, -0.15) is 0 Å². The van der Waals surface area contributed by atoms with Crippen LogP contribution in [0.3, 0.4) is 0 Å². The molecule has 0 saturated heterocycles. The van der Waals surface area contributed by atoms with E-state index < -0.39 is 6.04 Å². The number of carbonyl (C=O) groups excluding carboxylic acids is 2. The number of thioether (sulfide) groups is 1. The summed E-state index contributed by atoms with van der Waals surface area (Å²) < 4.78 is 13.3. The fourth-order valence-corrected chi connectivity index (χ4v) is 3.98. The molecule has 2 aromatic carbocycles. The second kappa shape index (κ2) is 12.0. The summed E-state index contributed by atoms with van der Waals surface area (Å²) in [4.78, 5) is 28.4. The molecule has 0 aliphatic rings. The highest BCUT2D eigenvalue weighted by Crippen LogP contribution is 2.22. The highest BCUT2D eigenvalue weighted by Gasteiger charge is 2.28. The van der Waals surface area contributed by atoms with E-state index in [4.69, 9.17) is 11.6 Å². The van der Waals surface area contributed by atoms with Crippen molar-refractivity contribution >= 4 is 35.2 Å². The second-order valence-electron chi connectivity index (χ2n) is 7.29. The molecule has 0 radical (unpaired) electrons. The number of nitrogens with one attached hydrogen (secondary N) is 1. The first-order valence-corrected chi connectivity index (χ1v) is 11.4. The van der Waals surface area contributed by atoms with E-state index >= 15 is 0 Å². The van der Waals surface area contributed by atoms with Gasteiger partial charge in [0.15, 0.2) is 0 Å². The van der Waals surface area contributed by atoms with Crippen molar-refractivity contribution in [3.8, 4) is 0 Å². The van der Waals surface area contributed by atoms with E-state index in [0.717, 1.165) is 10.5 Å². The Morgan fingerprint density at radius 3 is 2.30 bits per heavy atom. The Labute approximate surface area is 187 Å². The molecule has 2 aromatic rings. The maximum atomic E-state index is 13.3. The van der Waals surface area contributed by atoms with Crippen molar-refractivity contribution in [1.29, 1.82) is 0 Å². The van der Waals surface area contributed by atoms with E-state index in [-0.39, 0.29) is 30.2 Å². The number of hydrogen-bond acceptors (Lipinski definition) is 3. The standard InChI is InChI=1S/C23H28ClFN2O2S/c1-4-21(23(29)26-16(2)3)27(15-17-5-9-19(25)10-6-17)22(28)13-14-30-20-11-7-18(24)8-12-20/h5-12,16,21H,4,13-15H2,1-3H3,(H,26,29). The molecule has 1 atom stereocenters. The maximum absolute atomic E-state index is 13.3. The molecule has 0 aliphatic heterocycles. The Balaban J connectivity index is 2.11. The minimum absolute atomic E-state index is 0.0187. The zero-order valence-electron chi connectivity index (χ0n) is 17.5. The normalized spacial score (nSPS) is 11.9. The Hall–Kier alpha value is -2.05. The SMILES string of the molecule is CCC(C(=O)NC(C)C)N(Cc1ccc(F)cc1)C(=O)CCSc1ccc(Cl)cc1. The lowest BCUT2D eigenvalue weighted by Gasteiger charge is -2.31. The van der Waals surface area contributed by atoms with Crippen LogP contribution in [0.1, 0.15) is 39.2 Å². The molecule has 0 bridgehead atoms. The zero-order chi connectivity index (χ0) is 22.1. The molecule has 0 fully saturated rings. The summed E-state index contributed by atoms with van der Waals surface area (Å²) in [5.74, 6) is -0.0248. The average molecular weight is 451 g/mol. The fraction of sp³-hybridized carbons (Fsp3) is 0.391. The number of halogens is 2. The number of hydrogen-bond donors (Lipinski definition) is 1. The lowest BCUT2D eigenvalue weighted by molar-refractivity contribution is -0.141. The van der Waals surface area contributed by atoms with Crippen LogP contribution in [0.25, 0.3) is 0 Å². The van der Waals surface area contributed by atoms with Crippen LogP contribution in [0.15, 0.2) is 53.4 Å². The molecule has 162 valence electrons. The molecule has 1 unspecified atom stereocenters. The number of rotatable bonds is 10. The fourth-order valence-electron chi connectivity index (χ4n) is 3.02. The van der Waals surface area contributed by atoms with E-state index in [1.807, 2.05) is 45.0 Å². The van der Waals surface area contributed by atoms with E-state index in [1.165, 1.54) is 12.1 Å². The van der Waals surface area contributed by atoms with Gasteiger partial charge in [0.1, 0.15) is 11.9 Å². The van der Waals surface area contributed by atoms with Crippen LogP contribution in [0, 0.1) is 5.82 Å². The van der Waals surface area contributed by atoms with Crippen molar-refractivity contribution in [3.05, 3.63) is 64.9 Å². The van der Waals surface area contributed by atoms with Crippen molar-refractivity contribution in [2.45, 2.75) is 57.1 Å². The molecular formula is C23H28ClFN2O2S. The average Bonchev–Trinajstić information content (AvgIpc) is 2.70. The van der Waals surface area contributed by atoms with Gasteiger partial charge in [-0.3, -0.25) is 9.59 Å². The molecule has 2 rings (SSSR count). The first-order valence-electron chi connectivity index (χ1n) is 10.0. The summed E-state index contributed by atoms with van der Waals surface area (Å²) in [5, 5.41) is 3.57. The third-order valence-electron chi connectivity index (χ3n) is 4.48. The van der Waals surface area contributed by atoms with E-state index in [0.29, 0.717) is 23.6 Å². The van der Waals surface area contributed by atoms with Gasteiger partial charge in [0, 0.05) is 34.7 Å². The zero-order valence-corrected chi connectivity index (χ0v) is 19.1. The summed E-state index contributed by atoms with van der Waals surface area (Å²) >= 11 is 7.47. The van der Waals surface area contributed by atoms with Gasteiger partial charge >= 0.3 is 0 Å².